The monoisotopic (exact) mass is 420 g/mol. The molecule has 2 aliphatic rings. The summed E-state index contributed by atoms with van der Waals surface area (Å²) < 4.78 is 21.0. The van der Waals surface area contributed by atoms with Crippen LogP contribution in [0.25, 0.3) is 22.3 Å². The summed E-state index contributed by atoms with van der Waals surface area (Å²) in [5.74, 6) is 0.814. The maximum atomic E-state index is 9.13. The number of aliphatic hydroxyl groups excluding tert-OH is 1. The Balaban J connectivity index is 0.000000212. The molecule has 3 aromatic carbocycles. The molecule has 2 aliphatic heterocycles. The van der Waals surface area contributed by atoms with Crippen molar-refractivity contribution in [1.29, 1.82) is 0 Å². The number of ether oxygens (including phenoxy) is 4. The molecule has 2 fully saturated rings. The molecule has 0 bridgehead atoms. The number of para-hydroxylation sites is 1. The van der Waals surface area contributed by atoms with Gasteiger partial charge in [0.05, 0.1) is 33.0 Å². The summed E-state index contributed by atoms with van der Waals surface area (Å²) in [6.07, 6.45) is 0.785. The van der Waals surface area contributed by atoms with Crippen molar-refractivity contribution in [2.24, 2.45) is 0 Å². The molecule has 162 valence electrons. The van der Waals surface area contributed by atoms with Crippen LogP contribution in [0.4, 0.5) is 0 Å². The largest absolute Gasteiger partial charge is 0.490 e. The maximum Gasteiger partial charge on any atom is 0.135 e. The zero-order valence-corrected chi connectivity index (χ0v) is 17.5. The Morgan fingerprint density at radius 1 is 0.710 bits per heavy atom. The number of epoxide rings is 2. The van der Waals surface area contributed by atoms with Gasteiger partial charge in [0.2, 0.25) is 0 Å². The van der Waals surface area contributed by atoms with E-state index in [0.717, 1.165) is 54.4 Å². The van der Waals surface area contributed by atoms with Crippen molar-refractivity contribution in [2.75, 3.05) is 39.6 Å². The molecule has 0 amide bonds. The lowest BCUT2D eigenvalue weighted by Crippen LogP contribution is -2.06. The molecule has 3 aromatic rings. The Kier molecular flexibility index (Phi) is 7.69. The number of hydrogen-bond donors (Lipinski definition) is 1. The first-order valence-electron chi connectivity index (χ1n) is 10.6. The molecule has 0 spiro atoms. The molecule has 5 rings (SSSR count). The minimum absolute atomic E-state index is 0.00263. The van der Waals surface area contributed by atoms with Crippen LogP contribution < -0.4 is 4.74 Å². The summed E-state index contributed by atoms with van der Waals surface area (Å²) in [5, 5.41) is 9.13. The molecule has 31 heavy (non-hydrogen) atoms. The van der Waals surface area contributed by atoms with Gasteiger partial charge in [-0.25, -0.2) is 0 Å². The quantitative estimate of drug-likeness (QED) is 0.526. The minimum Gasteiger partial charge on any atom is -0.490 e. The molecule has 2 atom stereocenters. The summed E-state index contributed by atoms with van der Waals surface area (Å²) in [4.78, 5) is 0. The van der Waals surface area contributed by atoms with Gasteiger partial charge in [-0.1, -0.05) is 78.9 Å². The third-order valence-corrected chi connectivity index (χ3v) is 4.93. The molecule has 0 aliphatic carbocycles. The van der Waals surface area contributed by atoms with E-state index in [1.165, 1.54) is 0 Å². The van der Waals surface area contributed by atoms with Gasteiger partial charge in [0, 0.05) is 11.1 Å². The fraction of sp³-hybridized carbons (Fsp3) is 0.308. The van der Waals surface area contributed by atoms with Crippen LogP contribution in [-0.4, -0.2) is 57.0 Å². The average Bonchev–Trinajstić information content (AvgIpc) is 3.76. The van der Waals surface area contributed by atoms with E-state index in [1.807, 2.05) is 42.5 Å². The van der Waals surface area contributed by atoms with Gasteiger partial charge in [-0.2, -0.15) is 0 Å². The van der Waals surface area contributed by atoms with Crippen LogP contribution in [0.5, 0.6) is 5.75 Å². The van der Waals surface area contributed by atoms with Crippen LogP contribution in [0.15, 0.2) is 78.9 Å². The van der Waals surface area contributed by atoms with Gasteiger partial charge in [-0.15, -0.1) is 0 Å². The van der Waals surface area contributed by atoms with E-state index in [9.17, 15) is 0 Å². The Morgan fingerprint density at radius 3 is 1.61 bits per heavy atom. The number of rotatable bonds is 9. The first-order valence-corrected chi connectivity index (χ1v) is 10.6. The highest BCUT2D eigenvalue weighted by Gasteiger charge is 2.26. The summed E-state index contributed by atoms with van der Waals surface area (Å²) in [6, 6.07) is 26.5. The van der Waals surface area contributed by atoms with Crippen molar-refractivity contribution in [1.82, 2.24) is 0 Å². The summed E-state index contributed by atoms with van der Waals surface area (Å²) >= 11 is 0. The van der Waals surface area contributed by atoms with Crippen LogP contribution in [0.2, 0.25) is 0 Å². The highest BCUT2D eigenvalue weighted by atomic mass is 16.6. The Labute approximate surface area is 183 Å². The second-order valence-corrected chi connectivity index (χ2v) is 7.43. The lowest BCUT2D eigenvalue weighted by Gasteiger charge is -2.16. The second-order valence-electron chi connectivity index (χ2n) is 7.43. The van der Waals surface area contributed by atoms with E-state index in [0.29, 0.717) is 12.2 Å². The topological polar surface area (TPSA) is 63.8 Å². The molecule has 2 unspecified atom stereocenters. The van der Waals surface area contributed by atoms with E-state index >= 15 is 0 Å². The van der Waals surface area contributed by atoms with Gasteiger partial charge in [-0.3, -0.25) is 0 Å². The SMILES string of the molecule is C(OCC1CO1)C1CO1.OCCOc1c(-c2ccccc2)cccc1-c1ccccc1. The van der Waals surface area contributed by atoms with Crippen molar-refractivity contribution >= 4 is 0 Å². The highest BCUT2D eigenvalue weighted by molar-refractivity contribution is 5.82. The molecule has 1 N–H and O–H groups in total. The zero-order valence-electron chi connectivity index (χ0n) is 17.5. The lowest BCUT2D eigenvalue weighted by atomic mass is 9.97. The normalized spacial score (nSPS) is 18.6. The minimum atomic E-state index is -0.00263. The molecule has 0 saturated carbocycles. The summed E-state index contributed by atoms with van der Waals surface area (Å²) in [7, 11) is 0. The summed E-state index contributed by atoms with van der Waals surface area (Å²) in [5.41, 5.74) is 4.28. The van der Waals surface area contributed by atoms with Crippen LogP contribution in [0, 0.1) is 0 Å². The third kappa shape index (κ3) is 6.64. The van der Waals surface area contributed by atoms with E-state index in [4.69, 9.17) is 24.1 Å². The maximum absolute atomic E-state index is 9.13. The predicted octanol–water partition coefficient (Wildman–Crippen LogP) is 4.19. The fourth-order valence-electron chi connectivity index (χ4n) is 3.19. The van der Waals surface area contributed by atoms with Crippen molar-refractivity contribution in [3.8, 4) is 28.0 Å². The lowest BCUT2D eigenvalue weighted by molar-refractivity contribution is 0.102. The van der Waals surface area contributed by atoms with Gasteiger partial charge in [0.25, 0.3) is 0 Å². The van der Waals surface area contributed by atoms with Gasteiger partial charge < -0.3 is 24.1 Å². The van der Waals surface area contributed by atoms with E-state index in [-0.39, 0.29) is 13.2 Å². The Hall–Kier alpha value is -2.70. The number of hydrogen-bond acceptors (Lipinski definition) is 5. The average molecular weight is 421 g/mol. The van der Waals surface area contributed by atoms with Crippen molar-refractivity contribution in [3.05, 3.63) is 78.9 Å². The fourth-order valence-corrected chi connectivity index (χ4v) is 3.19. The standard InChI is InChI=1S/C20H18O2.C6H10O3/c21-14-15-22-20-18(16-8-3-1-4-9-16)12-7-13-19(20)17-10-5-2-6-11-17;1(5-3-8-5)7-2-6-4-9-6/h1-13,21H,14-15H2;5-6H,1-4H2. The molecular formula is C26H28O5. The molecule has 2 heterocycles. The van der Waals surface area contributed by atoms with Crippen molar-refractivity contribution in [2.45, 2.75) is 12.2 Å². The van der Waals surface area contributed by atoms with Gasteiger partial charge in [-0.05, 0) is 11.1 Å². The van der Waals surface area contributed by atoms with Gasteiger partial charge in [0.15, 0.2) is 0 Å². The van der Waals surface area contributed by atoms with E-state index in [1.54, 1.807) is 0 Å². The Bertz CT molecular complexity index is 851. The third-order valence-electron chi connectivity index (χ3n) is 4.93. The van der Waals surface area contributed by atoms with Crippen molar-refractivity contribution < 1.29 is 24.1 Å². The highest BCUT2D eigenvalue weighted by Crippen LogP contribution is 2.38. The number of benzene rings is 3. The molecule has 0 radical (unpaired) electrons. The van der Waals surface area contributed by atoms with E-state index in [2.05, 4.69) is 36.4 Å². The van der Waals surface area contributed by atoms with Crippen LogP contribution in [-0.2, 0) is 14.2 Å². The molecular weight excluding hydrogens is 392 g/mol. The molecule has 5 heteroatoms. The smallest absolute Gasteiger partial charge is 0.135 e. The molecule has 0 aromatic heterocycles. The Morgan fingerprint density at radius 2 is 1.19 bits per heavy atom. The van der Waals surface area contributed by atoms with Crippen LogP contribution >= 0.6 is 0 Å². The number of aliphatic hydroxyl groups is 1. The molecule has 5 nitrogen and oxygen atoms in total. The van der Waals surface area contributed by atoms with Gasteiger partial charge >= 0.3 is 0 Å². The van der Waals surface area contributed by atoms with Gasteiger partial charge in [0.1, 0.15) is 24.6 Å². The first kappa shape index (κ1) is 21.5. The molecule has 2 saturated heterocycles. The van der Waals surface area contributed by atoms with Crippen molar-refractivity contribution in [3.63, 3.8) is 0 Å². The zero-order chi connectivity index (χ0) is 21.3. The predicted molar refractivity (Wildman–Crippen MR) is 120 cm³/mol. The van der Waals surface area contributed by atoms with E-state index < -0.39 is 0 Å². The second kappa shape index (κ2) is 11.1. The summed E-state index contributed by atoms with van der Waals surface area (Å²) in [6.45, 7) is 3.54. The first-order chi connectivity index (χ1) is 15.3. The van der Waals surface area contributed by atoms with Crippen LogP contribution in [0.3, 0.4) is 0 Å². The van der Waals surface area contributed by atoms with Crippen LogP contribution in [0.1, 0.15) is 0 Å².